The van der Waals surface area contributed by atoms with Gasteiger partial charge in [-0.25, -0.2) is 0 Å². The lowest BCUT2D eigenvalue weighted by Gasteiger charge is -2.32. The molecule has 2 aromatic carbocycles. The molecule has 1 saturated carbocycles. The summed E-state index contributed by atoms with van der Waals surface area (Å²) in [5.41, 5.74) is 2.53. The fraction of sp³-hybridized carbons (Fsp3) is 0.577. The minimum absolute atomic E-state index is 0.0334. The highest BCUT2D eigenvalue weighted by Gasteiger charge is 2.29. The molecule has 1 saturated heterocycles. The number of anilines is 3. The van der Waals surface area contributed by atoms with Gasteiger partial charge < -0.3 is 15.5 Å². The van der Waals surface area contributed by atoms with Crippen molar-refractivity contribution in [3.63, 3.8) is 0 Å². The van der Waals surface area contributed by atoms with E-state index in [4.69, 9.17) is 0 Å². The van der Waals surface area contributed by atoms with Gasteiger partial charge in [0.05, 0.1) is 0 Å². The Morgan fingerprint density at radius 2 is 1.62 bits per heavy atom. The Balaban J connectivity index is 1.25. The molecule has 1 heterocycles. The van der Waals surface area contributed by atoms with Crippen LogP contribution in [0.25, 0.3) is 0 Å². The van der Waals surface area contributed by atoms with Crippen LogP contribution in [0.5, 0.6) is 0 Å². The topological polar surface area (TPSA) is 78.5 Å². The molecule has 2 aliphatic rings. The number of hydrogen-bond donors (Lipinski definition) is 2. The third-order valence-electron chi connectivity index (χ3n) is 7.19. The number of hydrogen-bond acceptors (Lipinski definition) is 5. The number of piperidine rings is 1. The van der Waals surface area contributed by atoms with Crippen molar-refractivity contribution < 1.29 is 4.79 Å². The number of nitrogens with one attached hydrogen (secondary N) is 2. The van der Waals surface area contributed by atoms with Crippen LogP contribution in [0.2, 0.25) is 0 Å². The summed E-state index contributed by atoms with van der Waals surface area (Å²) in [6.45, 7) is 6.73. The predicted molar refractivity (Wildman–Crippen MR) is 131 cm³/mol. The Morgan fingerprint density at radius 3 is 2.25 bits per heavy atom. The molecule has 32 heavy (non-hydrogen) atoms. The molecule has 1 aliphatic heterocycles. The summed E-state index contributed by atoms with van der Waals surface area (Å²) in [4.78, 5) is 39.0. The van der Waals surface area contributed by atoms with Gasteiger partial charge in [0.2, 0.25) is 5.91 Å². The van der Waals surface area contributed by atoms with Crippen LogP contribution in [0, 0.1) is 11.8 Å². The molecule has 172 valence electrons. The molecular weight excluding hydrogens is 402 g/mol. The van der Waals surface area contributed by atoms with Gasteiger partial charge in [0.25, 0.3) is 10.9 Å². The minimum atomic E-state index is -0.373. The molecule has 6 heteroatoms. The van der Waals surface area contributed by atoms with Crippen molar-refractivity contribution in [1.29, 1.82) is 0 Å². The SMILES string of the molecule is CC(C)c1ccc(NC(=O)C2CCC(CNc3c(N4CCCCC4)c(=O)c3=O)CC2)cc1. The molecule has 6 nitrogen and oxygen atoms in total. The van der Waals surface area contributed by atoms with Crippen molar-refractivity contribution in [2.45, 2.75) is 64.7 Å². The molecule has 2 N–H and O–H groups in total. The van der Waals surface area contributed by atoms with Crippen molar-refractivity contribution >= 4 is 23.0 Å². The van der Waals surface area contributed by atoms with E-state index in [2.05, 4.69) is 41.5 Å². The zero-order valence-electron chi connectivity index (χ0n) is 19.3. The zero-order chi connectivity index (χ0) is 22.7. The summed E-state index contributed by atoms with van der Waals surface area (Å²) in [7, 11) is 0. The van der Waals surface area contributed by atoms with Crippen molar-refractivity contribution in [1.82, 2.24) is 0 Å². The molecule has 0 spiro atoms. The smallest absolute Gasteiger partial charge is 0.253 e. The summed E-state index contributed by atoms with van der Waals surface area (Å²) in [6.07, 6.45) is 6.95. The van der Waals surface area contributed by atoms with Gasteiger partial charge in [-0.05, 0) is 74.5 Å². The lowest BCUT2D eigenvalue weighted by molar-refractivity contribution is -0.121. The first-order valence-corrected chi connectivity index (χ1v) is 12.2. The first-order valence-electron chi connectivity index (χ1n) is 12.2. The highest BCUT2D eigenvalue weighted by Crippen LogP contribution is 2.31. The van der Waals surface area contributed by atoms with Gasteiger partial charge in [-0.3, -0.25) is 14.4 Å². The highest BCUT2D eigenvalue weighted by molar-refractivity contribution is 5.92. The van der Waals surface area contributed by atoms with E-state index in [1.54, 1.807) is 0 Å². The maximum absolute atomic E-state index is 12.7. The third-order valence-corrected chi connectivity index (χ3v) is 7.19. The zero-order valence-corrected chi connectivity index (χ0v) is 19.3. The van der Waals surface area contributed by atoms with Gasteiger partial charge in [-0.15, -0.1) is 0 Å². The molecule has 0 radical (unpaired) electrons. The number of amides is 1. The standard InChI is InChI=1S/C26H35N3O3/c1-17(2)19-10-12-21(13-11-19)28-26(32)20-8-6-18(7-9-20)16-27-22-23(25(31)24(22)30)29-14-4-3-5-15-29/h10-13,17-18,20,27H,3-9,14-16H2,1-2H3,(H,28,32). The van der Waals surface area contributed by atoms with Gasteiger partial charge in [0, 0.05) is 31.2 Å². The number of carbonyl (C=O) groups is 1. The van der Waals surface area contributed by atoms with Gasteiger partial charge >= 0.3 is 0 Å². The summed E-state index contributed by atoms with van der Waals surface area (Å²) in [5.74, 6) is 1.03. The fourth-order valence-electron chi connectivity index (χ4n) is 5.03. The minimum Gasteiger partial charge on any atom is -0.380 e. The van der Waals surface area contributed by atoms with E-state index in [9.17, 15) is 14.4 Å². The van der Waals surface area contributed by atoms with Crippen molar-refractivity contribution in [2.24, 2.45) is 11.8 Å². The summed E-state index contributed by atoms with van der Waals surface area (Å²) >= 11 is 0. The van der Waals surface area contributed by atoms with Crippen molar-refractivity contribution in [3.05, 3.63) is 50.3 Å². The third kappa shape index (κ3) is 4.89. The molecular formula is C26H35N3O3. The molecule has 1 aliphatic carbocycles. The van der Waals surface area contributed by atoms with Crippen molar-refractivity contribution in [2.75, 3.05) is 35.2 Å². The van der Waals surface area contributed by atoms with Gasteiger partial charge in [-0.1, -0.05) is 26.0 Å². The first kappa shape index (κ1) is 22.6. The van der Waals surface area contributed by atoms with Crippen LogP contribution in [0.1, 0.15) is 70.3 Å². The van der Waals surface area contributed by atoms with Gasteiger partial charge in [-0.2, -0.15) is 0 Å². The van der Waals surface area contributed by atoms with Crippen LogP contribution in [0.4, 0.5) is 17.1 Å². The molecule has 0 aromatic heterocycles. The molecule has 2 aromatic rings. The quantitative estimate of drug-likeness (QED) is 0.633. The molecule has 4 rings (SSSR count). The van der Waals surface area contributed by atoms with E-state index in [0.29, 0.717) is 29.8 Å². The van der Waals surface area contributed by atoms with Crippen LogP contribution in [0.3, 0.4) is 0 Å². The Morgan fingerprint density at radius 1 is 0.969 bits per heavy atom. The largest absolute Gasteiger partial charge is 0.380 e. The molecule has 0 atom stereocenters. The normalized spacial score (nSPS) is 21.7. The maximum Gasteiger partial charge on any atom is 0.253 e. The van der Waals surface area contributed by atoms with Crippen LogP contribution < -0.4 is 26.4 Å². The van der Waals surface area contributed by atoms with E-state index >= 15 is 0 Å². The monoisotopic (exact) mass is 437 g/mol. The lowest BCUT2D eigenvalue weighted by Crippen LogP contribution is -2.45. The molecule has 0 unspecified atom stereocenters. The Kier molecular flexibility index (Phi) is 6.97. The summed E-state index contributed by atoms with van der Waals surface area (Å²) in [6, 6.07) is 8.10. The second-order valence-corrected chi connectivity index (χ2v) is 9.79. The van der Waals surface area contributed by atoms with Crippen LogP contribution >= 0.6 is 0 Å². The van der Waals surface area contributed by atoms with E-state index in [1.807, 2.05) is 12.1 Å². The second-order valence-electron chi connectivity index (χ2n) is 9.79. The van der Waals surface area contributed by atoms with Gasteiger partial charge in [0.1, 0.15) is 11.4 Å². The highest BCUT2D eigenvalue weighted by atomic mass is 16.2. The average molecular weight is 438 g/mol. The second kappa shape index (κ2) is 9.88. The Hall–Kier alpha value is -2.63. The van der Waals surface area contributed by atoms with Gasteiger partial charge in [0.15, 0.2) is 0 Å². The molecule has 1 amide bonds. The Bertz CT molecular complexity index is 991. The first-order chi connectivity index (χ1) is 15.4. The predicted octanol–water partition coefficient (Wildman–Crippen LogP) is 4.25. The number of carbonyl (C=O) groups excluding carboxylic acids is 1. The van der Waals surface area contributed by atoms with Crippen LogP contribution in [-0.2, 0) is 4.79 Å². The number of rotatable bonds is 7. The lowest BCUT2D eigenvalue weighted by atomic mass is 9.81. The number of nitrogens with zero attached hydrogens (tertiary/aromatic N) is 1. The van der Waals surface area contributed by atoms with E-state index in [1.165, 1.54) is 12.0 Å². The van der Waals surface area contributed by atoms with Crippen molar-refractivity contribution in [3.8, 4) is 0 Å². The molecule has 2 fully saturated rings. The Labute approximate surface area is 190 Å². The van der Waals surface area contributed by atoms with Crippen LogP contribution in [0.15, 0.2) is 33.9 Å². The fourth-order valence-corrected chi connectivity index (χ4v) is 5.03. The van der Waals surface area contributed by atoms with E-state index < -0.39 is 0 Å². The van der Waals surface area contributed by atoms with E-state index in [0.717, 1.165) is 57.3 Å². The van der Waals surface area contributed by atoms with Crippen LogP contribution in [-0.4, -0.2) is 25.5 Å². The summed E-state index contributed by atoms with van der Waals surface area (Å²) < 4.78 is 0. The molecule has 0 bridgehead atoms. The average Bonchev–Trinajstić information content (AvgIpc) is 2.82. The number of benzene rings is 1. The van der Waals surface area contributed by atoms with E-state index in [-0.39, 0.29) is 22.7 Å². The summed E-state index contributed by atoms with van der Waals surface area (Å²) in [5, 5.41) is 6.35. The maximum atomic E-state index is 12.7.